The molecule has 1 aromatic heterocycles. The highest BCUT2D eigenvalue weighted by molar-refractivity contribution is 9.10. The Hall–Kier alpha value is -2.26. The fraction of sp³-hybridized carbons (Fsp3) is 0. The molecule has 0 radical (unpaired) electrons. The van der Waals surface area contributed by atoms with Crippen molar-refractivity contribution in [3.05, 3.63) is 59.3 Å². The average molecular weight is 381 g/mol. The standard InChI is InChI=1S/C13H9BrN4O3S/c14-10-1-7-13(8-2-10)22(19,20)21-12-5-3-11(4-6-12)18-9-15-16-17-18/h1-9H. The highest BCUT2D eigenvalue weighted by Crippen LogP contribution is 2.21. The summed E-state index contributed by atoms with van der Waals surface area (Å²) in [5, 5.41) is 10.8. The summed E-state index contributed by atoms with van der Waals surface area (Å²) in [5.41, 5.74) is 0.693. The van der Waals surface area contributed by atoms with E-state index in [0.29, 0.717) is 5.69 Å². The molecule has 0 amide bonds. The molecule has 3 aromatic rings. The fourth-order valence-electron chi connectivity index (χ4n) is 1.71. The van der Waals surface area contributed by atoms with Crippen LogP contribution < -0.4 is 4.18 Å². The van der Waals surface area contributed by atoms with Crippen LogP contribution in [0.2, 0.25) is 0 Å². The molecule has 0 aliphatic rings. The van der Waals surface area contributed by atoms with Gasteiger partial charge in [-0.1, -0.05) is 15.9 Å². The maximum Gasteiger partial charge on any atom is 0.339 e. The van der Waals surface area contributed by atoms with E-state index in [1.165, 1.54) is 35.3 Å². The SMILES string of the molecule is O=S(=O)(Oc1ccc(-n2cnnn2)cc1)c1ccc(Br)cc1. The topological polar surface area (TPSA) is 87.0 Å². The maximum atomic E-state index is 12.2. The van der Waals surface area contributed by atoms with Crippen molar-refractivity contribution in [3.8, 4) is 11.4 Å². The van der Waals surface area contributed by atoms with E-state index in [0.717, 1.165) is 4.47 Å². The van der Waals surface area contributed by atoms with Crippen LogP contribution in [-0.2, 0) is 10.1 Å². The number of aromatic nitrogens is 4. The summed E-state index contributed by atoms with van der Waals surface area (Å²) in [7, 11) is -3.86. The van der Waals surface area contributed by atoms with Crippen LogP contribution in [0.1, 0.15) is 0 Å². The highest BCUT2D eigenvalue weighted by atomic mass is 79.9. The Balaban J connectivity index is 1.82. The molecular formula is C13H9BrN4O3S. The van der Waals surface area contributed by atoms with Crippen LogP contribution in [-0.4, -0.2) is 28.6 Å². The van der Waals surface area contributed by atoms with Gasteiger partial charge >= 0.3 is 10.1 Å². The van der Waals surface area contributed by atoms with Gasteiger partial charge in [-0.3, -0.25) is 0 Å². The van der Waals surface area contributed by atoms with Crippen LogP contribution in [0.15, 0.2) is 64.2 Å². The lowest BCUT2D eigenvalue weighted by Crippen LogP contribution is -2.09. The third kappa shape index (κ3) is 3.15. The van der Waals surface area contributed by atoms with E-state index in [-0.39, 0.29) is 10.6 Å². The van der Waals surface area contributed by atoms with E-state index in [2.05, 4.69) is 31.5 Å². The van der Waals surface area contributed by atoms with E-state index in [1.807, 2.05) is 0 Å². The molecule has 3 rings (SSSR count). The zero-order valence-corrected chi connectivity index (χ0v) is 13.4. The summed E-state index contributed by atoms with van der Waals surface area (Å²) >= 11 is 3.25. The van der Waals surface area contributed by atoms with Crippen molar-refractivity contribution in [1.82, 2.24) is 20.2 Å². The molecule has 9 heteroatoms. The molecule has 2 aromatic carbocycles. The number of hydrogen-bond donors (Lipinski definition) is 0. The van der Waals surface area contributed by atoms with Crippen molar-refractivity contribution in [1.29, 1.82) is 0 Å². The fourth-order valence-corrected chi connectivity index (χ4v) is 2.90. The Morgan fingerprint density at radius 2 is 1.68 bits per heavy atom. The predicted octanol–water partition coefficient (Wildman–Crippen LogP) is 2.19. The van der Waals surface area contributed by atoms with Gasteiger partial charge in [-0.2, -0.15) is 8.42 Å². The van der Waals surface area contributed by atoms with Gasteiger partial charge in [0.05, 0.1) is 5.69 Å². The van der Waals surface area contributed by atoms with E-state index >= 15 is 0 Å². The molecule has 0 saturated heterocycles. The van der Waals surface area contributed by atoms with Gasteiger partial charge in [0.15, 0.2) is 0 Å². The molecule has 0 N–H and O–H groups in total. The first kappa shape index (κ1) is 14.7. The normalized spacial score (nSPS) is 11.3. The van der Waals surface area contributed by atoms with Crippen LogP contribution in [0.3, 0.4) is 0 Å². The van der Waals surface area contributed by atoms with Gasteiger partial charge in [-0.15, -0.1) is 5.10 Å². The van der Waals surface area contributed by atoms with Crippen molar-refractivity contribution in [3.63, 3.8) is 0 Å². The molecule has 7 nitrogen and oxygen atoms in total. The summed E-state index contributed by atoms with van der Waals surface area (Å²) in [4.78, 5) is 0.0836. The highest BCUT2D eigenvalue weighted by Gasteiger charge is 2.16. The van der Waals surface area contributed by atoms with Gasteiger partial charge < -0.3 is 4.18 Å². The lowest BCUT2D eigenvalue weighted by Gasteiger charge is -2.07. The number of hydrogen-bond acceptors (Lipinski definition) is 6. The Bertz CT molecular complexity index is 863. The van der Waals surface area contributed by atoms with Crippen LogP contribution >= 0.6 is 15.9 Å². The largest absolute Gasteiger partial charge is 0.379 e. The first-order chi connectivity index (χ1) is 10.5. The lowest BCUT2D eigenvalue weighted by atomic mass is 10.3. The number of halogens is 1. The Kier molecular flexibility index (Phi) is 3.90. The van der Waals surface area contributed by atoms with Crippen molar-refractivity contribution in [2.75, 3.05) is 0 Å². The molecule has 0 aliphatic carbocycles. The first-order valence-corrected chi connectivity index (χ1v) is 8.28. The minimum absolute atomic E-state index is 0.0836. The zero-order valence-electron chi connectivity index (χ0n) is 11.0. The van der Waals surface area contributed by atoms with Crippen LogP contribution in [0.5, 0.6) is 5.75 Å². The first-order valence-electron chi connectivity index (χ1n) is 6.08. The van der Waals surface area contributed by atoms with Gasteiger partial charge in [-0.05, 0) is 59.0 Å². The van der Waals surface area contributed by atoms with Crippen molar-refractivity contribution in [2.24, 2.45) is 0 Å². The van der Waals surface area contributed by atoms with Crippen molar-refractivity contribution >= 4 is 26.0 Å². The smallest absolute Gasteiger partial charge is 0.339 e. The molecule has 112 valence electrons. The molecule has 0 fully saturated rings. The molecule has 0 saturated carbocycles. The van der Waals surface area contributed by atoms with Gasteiger partial charge in [0.25, 0.3) is 0 Å². The molecule has 0 aliphatic heterocycles. The quantitative estimate of drug-likeness (QED) is 0.644. The van der Waals surface area contributed by atoms with Crippen LogP contribution in [0.25, 0.3) is 5.69 Å². The van der Waals surface area contributed by atoms with Gasteiger partial charge in [0.1, 0.15) is 17.0 Å². The predicted molar refractivity (Wildman–Crippen MR) is 81.1 cm³/mol. The van der Waals surface area contributed by atoms with E-state index in [1.54, 1.807) is 24.3 Å². The molecule has 0 spiro atoms. The molecule has 1 heterocycles. The van der Waals surface area contributed by atoms with E-state index < -0.39 is 10.1 Å². The van der Waals surface area contributed by atoms with Crippen LogP contribution in [0.4, 0.5) is 0 Å². The monoisotopic (exact) mass is 380 g/mol. The second-order valence-corrected chi connectivity index (χ2v) is 6.70. The number of tetrazole rings is 1. The van der Waals surface area contributed by atoms with E-state index in [9.17, 15) is 8.42 Å². The third-order valence-electron chi connectivity index (χ3n) is 2.76. The molecule has 0 unspecified atom stereocenters. The number of benzene rings is 2. The Morgan fingerprint density at radius 1 is 1.00 bits per heavy atom. The van der Waals surface area contributed by atoms with Gasteiger partial charge in [0.2, 0.25) is 0 Å². The molecular weight excluding hydrogens is 372 g/mol. The number of nitrogens with zero attached hydrogens (tertiary/aromatic N) is 4. The van der Waals surface area contributed by atoms with Gasteiger partial charge in [-0.25, -0.2) is 4.68 Å². The van der Waals surface area contributed by atoms with Crippen LogP contribution in [0, 0.1) is 0 Å². The van der Waals surface area contributed by atoms with E-state index in [4.69, 9.17) is 4.18 Å². The second-order valence-electron chi connectivity index (χ2n) is 4.24. The Labute approximate surface area is 134 Å². The van der Waals surface area contributed by atoms with Gasteiger partial charge in [0, 0.05) is 4.47 Å². The summed E-state index contributed by atoms with van der Waals surface area (Å²) in [5.74, 6) is 0.208. The van der Waals surface area contributed by atoms with Crippen molar-refractivity contribution < 1.29 is 12.6 Å². The lowest BCUT2D eigenvalue weighted by molar-refractivity contribution is 0.486. The minimum Gasteiger partial charge on any atom is -0.379 e. The zero-order chi connectivity index (χ0) is 15.6. The minimum atomic E-state index is -3.86. The average Bonchev–Trinajstić information content (AvgIpc) is 3.02. The summed E-state index contributed by atoms with van der Waals surface area (Å²) in [6.07, 6.45) is 1.44. The van der Waals surface area contributed by atoms with Crippen molar-refractivity contribution in [2.45, 2.75) is 4.90 Å². The summed E-state index contributed by atoms with van der Waals surface area (Å²) in [6, 6.07) is 12.6. The Morgan fingerprint density at radius 3 is 2.27 bits per heavy atom. The molecule has 0 bridgehead atoms. The number of rotatable bonds is 4. The second kappa shape index (κ2) is 5.85. The molecule has 22 heavy (non-hydrogen) atoms. The summed E-state index contributed by atoms with van der Waals surface area (Å²) < 4.78 is 31.6. The molecule has 0 atom stereocenters. The summed E-state index contributed by atoms with van der Waals surface area (Å²) in [6.45, 7) is 0. The maximum absolute atomic E-state index is 12.2. The third-order valence-corrected chi connectivity index (χ3v) is 4.55.